The minimum Gasteiger partial charge on any atom is -0.411 e. The molecule has 0 aromatic heterocycles. The van der Waals surface area contributed by atoms with E-state index in [-0.39, 0.29) is 0 Å². The van der Waals surface area contributed by atoms with E-state index in [0.717, 1.165) is 25.9 Å². The highest BCUT2D eigenvalue weighted by Crippen LogP contribution is 2.16. The van der Waals surface area contributed by atoms with E-state index < -0.39 is 17.4 Å². The van der Waals surface area contributed by atoms with Crippen LogP contribution in [0.5, 0.6) is 0 Å². The summed E-state index contributed by atoms with van der Waals surface area (Å²) in [5.41, 5.74) is 5.37. The smallest absolute Gasteiger partial charge is 0.411 e. The first-order valence-corrected chi connectivity index (χ1v) is 10.8. The van der Waals surface area contributed by atoms with Crippen LogP contribution in [0.2, 0.25) is 19.1 Å². The maximum atomic E-state index is 10.1. The van der Waals surface area contributed by atoms with Crippen molar-refractivity contribution < 1.29 is 18.1 Å². The molecule has 0 saturated carbocycles. The second-order valence-corrected chi connectivity index (χ2v) is 10.5. The molecule has 8 heteroatoms. The van der Waals surface area contributed by atoms with Gasteiger partial charge in [-0.15, -0.1) is 0 Å². The fourth-order valence-corrected chi connectivity index (χ4v) is 6.07. The van der Waals surface area contributed by atoms with Crippen LogP contribution in [0.25, 0.3) is 0 Å². The van der Waals surface area contributed by atoms with E-state index in [9.17, 15) is 9.59 Å². The summed E-state index contributed by atoms with van der Waals surface area (Å²) in [6, 6.07) is 0.454. The summed E-state index contributed by atoms with van der Waals surface area (Å²) in [5.74, 6) is 0. The Balaban J connectivity index is 3.80. The van der Waals surface area contributed by atoms with Gasteiger partial charge in [-0.2, -0.15) is 0 Å². The van der Waals surface area contributed by atoms with Crippen molar-refractivity contribution in [2.75, 3.05) is 26.7 Å². The van der Waals surface area contributed by atoms with E-state index in [1.807, 2.05) is 0 Å². The first-order chi connectivity index (χ1) is 7.83. The predicted octanol–water partition coefficient (Wildman–Crippen LogP) is -0.397. The first kappa shape index (κ1) is 17.2. The molecule has 0 aliphatic rings. The SMILES string of the molecule is CO[Si](O)(CCCNCCCN)O[Si](C)(C)O. The van der Waals surface area contributed by atoms with Crippen molar-refractivity contribution in [1.29, 1.82) is 0 Å². The summed E-state index contributed by atoms with van der Waals surface area (Å²) >= 11 is 0. The molecule has 0 bridgehead atoms. The molecule has 0 heterocycles. The van der Waals surface area contributed by atoms with Gasteiger partial charge in [0.1, 0.15) is 0 Å². The molecule has 0 fully saturated rings. The summed E-state index contributed by atoms with van der Waals surface area (Å²) in [4.78, 5) is 19.7. The van der Waals surface area contributed by atoms with Gasteiger partial charge in [-0.25, -0.2) is 0 Å². The van der Waals surface area contributed by atoms with Gasteiger partial charge in [-0.3, -0.25) is 0 Å². The Hall–Kier alpha value is 0.194. The van der Waals surface area contributed by atoms with Crippen molar-refractivity contribution in [2.45, 2.75) is 32.0 Å². The van der Waals surface area contributed by atoms with Crippen LogP contribution in [0, 0.1) is 0 Å². The highest BCUT2D eigenvalue weighted by atomic mass is 28.5. The zero-order valence-electron chi connectivity index (χ0n) is 11.0. The fraction of sp³-hybridized carbons (Fsp3) is 1.00. The number of nitrogens with two attached hydrogens (primary N) is 1. The Bertz CT molecular complexity index is 204. The third-order valence-corrected chi connectivity index (χ3v) is 7.03. The molecular weight excluding hydrogens is 256 g/mol. The molecule has 0 spiro atoms. The van der Waals surface area contributed by atoms with Crippen molar-refractivity contribution in [1.82, 2.24) is 5.32 Å². The molecule has 5 N–H and O–H groups in total. The normalized spacial score (nSPS) is 15.9. The Kier molecular flexibility index (Phi) is 8.42. The predicted molar refractivity (Wildman–Crippen MR) is 71.7 cm³/mol. The first-order valence-electron chi connectivity index (χ1n) is 5.94. The molecule has 0 aliphatic heterocycles. The molecule has 0 amide bonds. The fourth-order valence-electron chi connectivity index (χ4n) is 1.37. The van der Waals surface area contributed by atoms with Crippen LogP contribution in [0.3, 0.4) is 0 Å². The molecule has 0 rings (SSSR count). The number of rotatable bonds is 10. The topological polar surface area (TPSA) is 97.0 Å². The lowest BCUT2D eigenvalue weighted by atomic mass is 10.4. The molecule has 0 saturated heterocycles. The number of hydrogen-bond donors (Lipinski definition) is 4. The van der Waals surface area contributed by atoms with Gasteiger partial charge in [-0.05, 0) is 45.6 Å². The van der Waals surface area contributed by atoms with Crippen LogP contribution in [0.1, 0.15) is 12.8 Å². The Labute approximate surface area is 106 Å². The quantitative estimate of drug-likeness (QED) is 0.322. The lowest BCUT2D eigenvalue weighted by Gasteiger charge is -2.28. The molecule has 0 radical (unpaired) electrons. The summed E-state index contributed by atoms with van der Waals surface area (Å²) in [5, 5.41) is 3.21. The van der Waals surface area contributed by atoms with E-state index in [0.29, 0.717) is 12.6 Å². The van der Waals surface area contributed by atoms with Gasteiger partial charge >= 0.3 is 17.4 Å². The molecule has 1 unspecified atom stereocenters. The zero-order valence-corrected chi connectivity index (χ0v) is 13.0. The van der Waals surface area contributed by atoms with Crippen LogP contribution in [0.15, 0.2) is 0 Å². The standard InChI is InChI=1S/C9H26N2O4Si2/c1-14-17(13,15-16(2,3)12)9-5-8-11-7-4-6-10/h11-13H,4-10H2,1-3H3. The lowest BCUT2D eigenvalue weighted by Crippen LogP contribution is -2.51. The zero-order chi connectivity index (χ0) is 13.4. The molecular formula is C9H26N2O4Si2. The molecule has 1 atom stereocenters. The Morgan fingerprint density at radius 3 is 2.24 bits per heavy atom. The average molecular weight is 282 g/mol. The average Bonchev–Trinajstić information content (AvgIpc) is 2.21. The van der Waals surface area contributed by atoms with Gasteiger partial charge in [0.2, 0.25) is 0 Å². The minimum absolute atomic E-state index is 0.454. The third kappa shape index (κ3) is 9.86. The van der Waals surface area contributed by atoms with Gasteiger partial charge in [0, 0.05) is 13.2 Å². The summed E-state index contributed by atoms with van der Waals surface area (Å²) in [6.07, 6.45) is 1.70. The monoisotopic (exact) mass is 282 g/mol. The van der Waals surface area contributed by atoms with E-state index in [1.54, 1.807) is 13.1 Å². The highest BCUT2D eigenvalue weighted by Gasteiger charge is 2.41. The van der Waals surface area contributed by atoms with Crippen molar-refractivity contribution >= 4 is 17.4 Å². The second kappa shape index (κ2) is 8.32. The van der Waals surface area contributed by atoms with E-state index in [1.165, 1.54) is 7.11 Å². The van der Waals surface area contributed by atoms with Gasteiger partial charge in [0.15, 0.2) is 0 Å². The Morgan fingerprint density at radius 2 is 1.76 bits per heavy atom. The summed E-state index contributed by atoms with van der Waals surface area (Å²) < 4.78 is 10.4. The van der Waals surface area contributed by atoms with E-state index in [4.69, 9.17) is 14.3 Å². The largest absolute Gasteiger partial charge is 0.489 e. The maximum Gasteiger partial charge on any atom is 0.489 e. The highest BCUT2D eigenvalue weighted by molar-refractivity contribution is 6.75. The summed E-state index contributed by atoms with van der Waals surface area (Å²) in [7, 11) is -4.50. The molecule has 17 heavy (non-hydrogen) atoms. The van der Waals surface area contributed by atoms with Crippen LogP contribution >= 0.6 is 0 Å². The number of hydrogen-bond acceptors (Lipinski definition) is 6. The van der Waals surface area contributed by atoms with Crippen LogP contribution in [-0.2, 0) is 8.54 Å². The van der Waals surface area contributed by atoms with Crippen LogP contribution in [0.4, 0.5) is 0 Å². The molecule has 0 aromatic carbocycles. The van der Waals surface area contributed by atoms with Crippen LogP contribution in [-0.4, -0.2) is 53.7 Å². The van der Waals surface area contributed by atoms with Crippen molar-refractivity contribution in [3.63, 3.8) is 0 Å². The van der Waals surface area contributed by atoms with Gasteiger partial charge in [-0.1, -0.05) is 0 Å². The van der Waals surface area contributed by atoms with E-state index >= 15 is 0 Å². The van der Waals surface area contributed by atoms with E-state index in [2.05, 4.69) is 5.32 Å². The van der Waals surface area contributed by atoms with Crippen LogP contribution < -0.4 is 11.1 Å². The van der Waals surface area contributed by atoms with Crippen molar-refractivity contribution in [3.05, 3.63) is 0 Å². The number of nitrogens with one attached hydrogen (secondary N) is 1. The maximum absolute atomic E-state index is 10.1. The van der Waals surface area contributed by atoms with Crippen molar-refractivity contribution in [3.8, 4) is 0 Å². The van der Waals surface area contributed by atoms with Gasteiger partial charge < -0.3 is 29.2 Å². The van der Waals surface area contributed by atoms with Gasteiger partial charge in [0.05, 0.1) is 0 Å². The molecule has 104 valence electrons. The Morgan fingerprint density at radius 1 is 1.18 bits per heavy atom. The second-order valence-electron chi connectivity index (χ2n) is 4.46. The molecule has 0 aliphatic carbocycles. The lowest BCUT2D eigenvalue weighted by molar-refractivity contribution is 0.173. The van der Waals surface area contributed by atoms with Crippen molar-refractivity contribution in [2.24, 2.45) is 5.73 Å². The summed E-state index contributed by atoms with van der Waals surface area (Å²) in [6.45, 7) is 5.57. The molecule has 6 nitrogen and oxygen atoms in total. The minimum atomic E-state index is -3.18. The third-order valence-electron chi connectivity index (χ3n) is 2.13. The molecule has 0 aromatic rings. The van der Waals surface area contributed by atoms with Gasteiger partial charge in [0.25, 0.3) is 0 Å².